The van der Waals surface area contributed by atoms with Crippen LogP contribution in [0.15, 0.2) is 34.9 Å². The molecule has 0 unspecified atom stereocenters. The van der Waals surface area contributed by atoms with Crippen molar-refractivity contribution in [1.82, 2.24) is 9.88 Å². The smallest absolute Gasteiger partial charge is 0.125 e. The van der Waals surface area contributed by atoms with E-state index in [1.807, 2.05) is 38.4 Å². The third-order valence-corrected chi connectivity index (χ3v) is 2.75. The van der Waals surface area contributed by atoms with E-state index in [1.165, 1.54) is 5.56 Å². The standard InChI is InChI=1S/C14H19N3O/c1-11-4-5-13(18-11)10-17(3)9-12-6-7-16-14(8-12)15-2/h4-8H,9-10H2,1-3H3,(H,15,16). The number of pyridine rings is 1. The van der Waals surface area contributed by atoms with E-state index < -0.39 is 0 Å². The normalized spacial score (nSPS) is 10.9. The van der Waals surface area contributed by atoms with Gasteiger partial charge in [-0.05, 0) is 43.8 Å². The predicted octanol–water partition coefficient (Wildman–Crippen LogP) is 2.66. The second-order valence-electron chi connectivity index (χ2n) is 4.48. The first-order valence-electron chi connectivity index (χ1n) is 6.04. The Labute approximate surface area is 108 Å². The fourth-order valence-corrected chi connectivity index (χ4v) is 1.91. The molecule has 1 N–H and O–H groups in total. The predicted molar refractivity (Wildman–Crippen MR) is 72.4 cm³/mol. The number of nitrogens with one attached hydrogen (secondary N) is 1. The summed E-state index contributed by atoms with van der Waals surface area (Å²) in [7, 11) is 3.96. The van der Waals surface area contributed by atoms with E-state index in [0.29, 0.717) is 0 Å². The van der Waals surface area contributed by atoms with E-state index in [1.54, 1.807) is 0 Å². The zero-order chi connectivity index (χ0) is 13.0. The first-order chi connectivity index (χ1) is 8.67. The van der Waals surface area contributed by atoms with Crippen molar-refractivity contribution in [3.63, 3.8) is 0 Å². The fourth-order valence-electron chi connectivity index (χ4n) is 1.91. The minimum absolute atomic E-state index is 0.811. The Bertz CT molecular complexity index is 507. The van der Waals surface area contributed by atoms with Gasteiger partial charge in [0, 0.05) is 19.8 Å². The largest absolute Gasteiger partial charge is 0.465 e. The first-order valence-corrected chi connectivity index (χ1v) is 6.04. The molecule has 0 spiro atoms. The number of aromatic nitrogens is 1. The molecule has 0 saturated carbocycles. The van der Waals surface area contributed by atoms with E-state index in [9.17, 15) is 0 Å². The number of nitrogens with zero attached hydrogens (tertiary/aromatic N) is 2. The molecule has 0 aliphatic carbocycles. The Morgan fingerprint density at radius 1 is 1.28 bits per heavy atom. The van der Waals surface area contributed by atoms with E-state index in [4.69, 9.17) is 4.42 Å². The second kappa shape index (κ2) is 5.69. The van der Waals surface area contributed by atoms with Crippen LogP contribution in [-0.2, 0) is 13.1 Å². The Morgan fingerprint density at radius 3 is 2.78 bits per heavy atom. The maximum atomic E-state index is 5.57. The van der Waals surface area contributed by atoms with Crippen LogP contribution in [-0.4, -0.2) is 24.0 Å². The first kappa shape index (κ1) is 12.6. The van der Waals surface area contributed by atoms with Gasteiger partial charge in [-0.1, -0.05) is 0 Å². The summed E-state index contributed by atoms with van der Waals surface area (Å²) in [6.07, 6.45) is 1.83. The topological polar surface area (TPSA) is 41.3 Å². The molecule has 0 aliphatic rings. The monoisotopic (exact) mass is 245 g/mol. The van der Waals surface area contributed by atoms with Crippen molar-refractivity contribution < 1.29 is 4.42 Å². The average Bonchev–Trinajstić information content (AvgIpc) is 2.74. The molecule has 0 fully saturated rings. The number of aryl methyl sites for hydroxylation is 1. The van der Waals surface area contributed by atoms with Crippen molar-refractivity contribution in [1.29, 1.82) is 0 Å². The van der Waals surface area contributed by atoms with Crippen LogP contribution in [0.5, 0.6) is 0 Å². The van der Waals surface area contributed by atoms with Crippen molar-refractivity contribution in [2.75, 3.05) is 19.4 Å². The van der Waals surface area contributed by atoms with Gasteiger partial charge in [0.2, 0.25) is 0 Å². The maximum Gasteiger partial charge on any atom is 0.125 e. The van der Waals surface area contributed by atoms with Gasteiger partial charge in [0.1, 0.15) is 17.3 Å². The van der Waals surface area contributed by atoms with Gasteiger partial charge in [-0.2, -0.15) is 0 Å². The molecule has 0 radical (unpaired) electrons. The van der Waals surface area contributed by atoms with Crippen LogP contribution in [0.4, 0.5) is 5.82 Å². The lowest BCUT2D eigenvalue weighted by molar-refractivity contribution is 0.285. The SMILES string of the molecule is CNc1cc(CN(C)Cc2ccc(C)o2)ccn1. The fraction of sp³-hybridized carbons (Fsp3) is 0.357. The van der Waals surface area contributed by atoms with E-state index in [2.05, 4.69) is 28.3 Å². The van der Waals surface area contributed by atoms with Crippen LogP contribution in [0.3, 0.4) is 0 Å². The molecule has 0 saturated heterocycles. The molecule has 2 aromatic rings. The molecule has 0 atom stereocenters. The number of anilines is 1. The summed E-state index contributed by atoms with van der Waals surface area (Å²) in [5, 5.41) is 3.05. The van der Waals surface area contributed by atoms with Gasteiger partial charge in [0.25, 0.3) is 0 Å². The van der Waals surface area contributed by atoms with E-state index >= 15 is 0 Å². The van der Waals surface area contributed by atoms with Crippen molar-refractivity contribution in [3.8, 4) is 0 Å². The molecule has 4 heteroatoms. The number of hydrogen-bond acceptors (Lipinski definition) is 4. The minimum Gasteiger partial charge on any atom is -0.465 e. The van der Waals surface area contributed by atoms with Crippen LogP contribution in [0.25, 0.3) is 0 Å². The van der Waals surface area contributed by atoms with Crippen LogP contribution in [0.2, 0.25) is 0 Å². The quantitative estimate of drug-likeness (QED) is 0.879. The van der Waals surface area contributed by atoms with Gasteiger partial charge in [0.15, 0.2) is 0 Å². The molecule has 0 amide bonds. The Balaban J connectivity index is 1.96. The summed E-state index contributed by atoms with van der Waals surface area (Å²) in [5.41, 5.74) is 1.24. The van der Waals surface area contributed by atoms with E-state index in [-0.39, 0.29) is 0 Å². The van der Waals surface area contributed by atoms with Crippen LogP contribution in [0, 0.1) is 6.92 Å². The molecule has 2 heterocycles. The highest BCUT2D eigenvalue weighted by Gasteiger charge is 2.05. The molecule has 2 rings (SSSR count). The van der Waals surface area contributed by atoms with Crippen LogP contribution in [0.1, 0.15) is 17.1 Å². The van der Waals surface area contributed by atoms with Gasteiger partial charge in [0.05, 0.1) is 6.54 Å². The minimum atomic E-state index is 0.811. The molecule has 0 aromatic carbocycles. The zero-order valence-electron chi connectivity index (χ0n) is 11.1. The zero-order valence-corrected chi connectivity index (χ0v) is 11.1. The van der Waals surface area contributed by atoms with Crippen molar-refractivity contribution in [3.05, 3.63) is 47.5 Å². The highest BCUT2D eigenvalue weighted by molar-refractivity contribution is 5.36. The summed E-state index contributed by atoms with van der Waals surface area (Å²) in [5.74, 6) is 2.85. The summed E-state index contributed by atoms with van der Waals surface area (Å²) in [6, 6.07) is 8.11. The Hall–Kier alpha value is -1.81. The summed E-state index contributed by atoms with van der Waals surface area (Å²) in [6.45, 7) is 3.65. The molecule has 0 aliphatic heterocycles. The highest BCUT2D eigenvalue weighted by atomic mass is 16.3. The molecule has 96 valence electrons. The molecule has 0 bridgehead atoms. The number of rotatable bonds is 5. The van der Waals surface area contributed by atoms with Crippen molar-refractivity contribution in [2.45, 2.75) is 20.0 Å². The number of furan rings is 1. The third kappa shape index (κ3) is 3.34. The lowest BCUT2D eigenvalue weighted by atomic mass is 10.2. The van der Waals surface area contributed by atoms with Crippen molar-refractivity contribution in [2.24, 2.45) is 0 Å². The second-order valence-corrected chi connectivity index (χ2v) is 4.48. The summed E-state index contributed by atoms with van der Waals surface area (Å²) in [4.78, 5) is 6.42. The van der Waals surface area contributed by atoms with Gasteiger partial charge in [-0.25, -0.2) is 4.98 Å². The van der Waals surface area contributed by atoms with Gasteiger partial charge < -0.3 is 9.73 Å². The maximum absolute atomic E-state index is 5.57. The van der Waals surface area contributed by atoms with Crippen LogP contribution >= 0.6 is 0 Å². The van der Waals surface area contributed by atoms with Gasteiger partial charge >= 0.3 is 0 Å². The van der Waals surface area contributed by atoms with E-state index in [0.717, 1.165) is 30.4 Å². The lowest BCUT2D eigenvalue weighted by Gasteiger charge is -2.15. The Morgan fingerprint density at radius 2 is 2.11 bits per heavy atom. The molecule has 18 heavy (non-hydrogen) atoms. The third-order valence-electron chi connectivity index (χ3n) is 2.75. The van der Waals surface area contributed by atoms with Crippen LogP contribution < -0.4 is 5.32 Å². The van der Waals surface area contributed by atoms with Crippen molar-refractivity contribution >= 4 is 5.82 Å². The average molecular weight is 245 g/mol. The molecule has 2 aromatic heterocycles. The Kier molecular flexibility index (Phi) is 3.99. The highest BCUT2D eigenvalue weighted by Crippen LogP contribution is 2.12. The lowest BCUT2D eigenvalue weighted by Crippen LogP contribution is -2.17. The van der Waals surface area contributed by atoms with Gasteiger partial charge in [-0.3, -0.25) is 4.90 Å². The molecular formula is C14H19N3O. The summed E-state index contributed by atoms with van der Waals surface area (Å²) < 4.78 is 5.57. The van der Waals surface area contributed by atoms with Gasteiger partial charge in [-0.15, -0.1) is 0 Å². The number of hydrogen-bond donors (Lipinski definition) is 1. The molecule has 4 nitrogen and oxygen atoms in total. The summed E-state index contributed by atoms with van der Waals surface area (Å²) >= 11 is 0. The molecular weight excluding hydrogens is 226 g/mol.